The Labute approximate surface area is 150 Å². The van der Waals surface area contributed by atoms with Gasteiger partial charge in [0.15, 0.2) is 6.10 Å². The van der Waals surface area contributed by atoms with E-state index in [9.17, 15) is 4.79 Å². The number of rotatable bonds is 1. The topological polar surface area (TPSA) is 38.8 Å². The SMILES string of the molecule is COC1CC2C3Cc4c(Br)cc(C)c5c4[C@]2(CCN3C)C(O5)C1=O. The van der Waals surface area contributed by atoms with Gasteiger partial charge in [0.05, 0.1) is 0 Å². The lowest BCUT2D eigenvalue weighted by Gasteiger charge is -2.58. The van der Waals surface area contributed by atoms with Crippen LogP contribution in [-0.4, -0.2) is 49.6 Å². The maximum absolute atomic E-state index is 13.1. The van der Waals surface area contributed by atoms with Crippen LogP contribution in [0, 0.1) is 12.8 Å². The number of halogens is 1. The second-order valence-corrected chi connectivity index (χ2v) is 8.72. The molecule has 0 radical (unpaired) electrons. The Bertz CT molecular complexity index is 763. The van der Waals surface area contributed by atoms with Crippen molar-refractivity contribution in [2.45, 2.75) is 49.9 Å². The first kappa shape index (κ1) is 15.4. The van der Waals surface area contributed by atoms with E-state index in [2.05, 4.69) is 40.9 Å². The summed E-state index contributed by atoms with van der Waals surface area (Å²) in [7, 11) is 3.87. The lowest BCUT2D eigenvalue weighted by molar-refractivity contribution is -0.154. The van der Waals surface area contributed by atoms with Crippen LogP contribution in [0.5, 0.6) is 5.75 Å². The molecule has 5 heteroatoms. The average molecular weight is 392 g/mol. The molecule has 4 aliphatic rings. The summed E-state index contributed by atoms with van der Waals surface area (Å²) in [5, 5.41) is 0. The molecule has 5 rings (SSSR count). The number of likely N-dealkylation sites (tertiary alicyclic amines) is 1. The lowest BCUT2D eigenvalue weighted by atomic mass is 9.51. The third kappa shape index (κ3) is 1.59. The number of carbonyl (C=O) groups is 1. The minimum absolute atomic E-state index is 0.136. The number of likely N-dealkylation sites (N-methyl/N-ethyl adjacent to an activating group) is 1. The fourth-order valence-corrected chi connectivity index (χ4v) is 6.61. The number of aryl methyl sites for hydroxylation is 1. The number of piperidine rings is 1. The minimum atomic E-state index is -0.376. The van der Waals surface area contributed by atoms with Gasteiger partial charge >= 0.3 is 0 Å². The molecule has 2 heterocycles. The van der Waals surface area contributed by atoms with E-state index < -0.39 is 0 Å². The third-order valence-electron chi connectivity index (χ3n) is 7.00. The molecule has 2 bridgehead atoms. The number of ether oxygens (including phenoxy) is 2. The van der Waals surface area contributed by atoms with E-state index in [-0.39, 0.29) is 23.4 Å². The Morgan fingerprint density at radius 3 is 3.00 bits per heavy atom. The predicted molar refractivity (Wildman–Crippen MR) is 93.6 cm³/mol. The summed E-state index contributed by atoms with van der Waals surface area (Å²) < 4.78 is 13.1. The highest BCUT2D eigenvalue weighted by Crippen LogP contribution is 2.63. The van der Waals surface area contributed by atoms with E-state index >= 15 is 0 Å². The molecule has 4 unspecified atom stereocenters. The summed E-state index contributed by atoms with van der Waals surface area (Å²) in [6.07, 6.45) is 2.12. The van der Waals surface area contributed by atoms with Gasteiger partial charge in [0.2, 0.25) is 5.78 Å². The van der Waals surface area contributed by atoms with E-state index in [1.807, 2.05) is 0 Å². The number of benzene rings is 1. The van der Waals surface area contributed by atoms with Crippen molar-refractivity contribution in [3.05, 3.63) is 27.2 Å². The molecule has 5 atom stereocenters. The van der Waals surface area contributed by atoms with Gasteiger partial charge in [-0.05, 0) is 62.9 Å². The van der Waals surface area contributed by atoms with E-state index in [4.69, 9.17) is 9.47 Å². The summed E-state index contributed by atoms with van der Waals surface area (Å²) in [6, 6.07) is 2.60. The average Bonchev–Trinajstić information content (AvgIpc) is 2.90. The van der Waals surface area contributed by atoms with Crippen LogP contribution in [-0.2, 0) is 21.4 Å². The smallest absolute Gasteiger partial charge is 0.202 e. The molecule has 24 heavy (non-hydrogen) atoms. The molecule has 2 aliphatic heterocycles. The lowest BCUT2D eigenvalue weighted by Crippen LogP contribution is -2.68. The number of carbonyl (C=O) groups excluding carboxylic acids is 1. The summed E-state index contributed by atoms with van der Waals surface area (Å²) in [6.45, 7) is 3.11. The zero-order valence-corrected chi connectivity index (χ0v) is 15.9. The van der Waals surface area contributed by atoms with E-state index in [1.165, 1.54) is 15.6 Å². The Hall–Kier alpha value is -0.910. The van der Waals surface area contributed by atoms with Crippen molar-refractivity contribution in [3.8, 4) is 5.75 Å². The quantitative estimate of drug-likeness (QED) is 0.737. The van der Waals surface area contributed by atoms with Crippen LogP contribution in [0.1, 0.15) is 29.5 Å². The van der Waals surface area contributed by atoms with Gasteiger partial charge in [-0.1, -0.05) is 15.9 Å². The maximum Gasteiger partial charge on any atom is 0.202 e. The van der Waals surface area contributed by atoms with Crippen molar-refractivity contribution < 1.29 is 14.3 Å². The molecule has 1 saturated carbocycles. The summed E-state index contributed by atoms with van der Waals surface area (Å²) in [5.41, 5.74) is 3.66. The van der Waals surface area contributed by atoms with Crippen LogP contribution >= 0.6 is 15.9 Å². The first-order valence-electron chi connectivity index (χ1n) is 8.75. The molecule has 4 nitrogen and oxygen atoms in total. The Kier molecular flexibility index (Phi) is 3.09. The Balaban J connectivity index is 1.81. The van der Waals surface area contributed by atoms with Crippen LogP contribution in [0.3, 0.4) is 0 Å². The number of Topliss-reactive ketones (excluding diaryl/α,β-unsaturated/α-hetero) is 1. The van der Waals surface area contributed by atoms with E-state index in [0.29, 0.717) is 12.0 Å². The summed E-state index contributed by atoms with van der Waals surface area (Å²) in [4.78, 5) is 15.6. The molecule has 1 saturated heterocycles. The van der Waals surface area contributed by atoms with Gasteiger partial charge in [-0.2, -0.15) is 0 Å². The van der Waals surface area contributed by atoms with Crippen molar-refractivity contribution in [3.63, 3.8) is 0 Å². The third-order valence-corrected chi connectivity index (χ3v) is 7.71. The van der Waals surface area contributed by atoms with E-state index in [1.54, 1.807) is 7.11 Å². The minimum Gasteiger partial charge on any atom is -0.481 e. The summed E-state index contributed by atoms with van der Waals surface area (Å²) in [5.74, 6) is 1.53. The second-order valence-electron chi connectivity index (χ2n) is 7.87. The molecule has 1 spiro atoms. The maximum atomic E-state index is 13.1. The van der Waals surface area contributed by atoms with Crippen molar-refractivity contribution in [1.82, 2.24) is 4.90 Å². The monoisotopic (exact) mass is 391 g/mol. The van der Waals surface area contributed by atoms with Gasteiger partial charge in [-0.15, -0.1) is 0 Å². The predicted octanol–water partition coefficient (Wildman–Crippen LogP) is 2.62. The molecular formula is C19H22BrNO3. The van der Waals surface area contributed by atoms with Gasteiger partial charge in [-0.3, -0.25) is 4.79 Å². The number of nitrogens with zero attached hydrogens (tertiary/aromatic N) is 1. The molecule has 0 aromatic heterocycles. The van der Waals surface area contributed by atoms with E-state index in [0.717, 1.165) is 37.1 Å². The fraction of sp³-hybridized carbons (Fsp3) is 0.632. The number of methoxy groups -OCH3 is 1. The van der Waals surface area contributed by atoms with Crippen LogP contribution < -0.4 is 4.74 Å². The van der Waals surface area contributed by atoms with Gasteiger partial charge < -0.3 is 14.4 Å². The highest BCUT2D eigenvalue weighted by atomic mass is 79.9. The van der Waals surface area contributed by atoms with Gasteiger partial charge in [0, 0.05) is 28.6 Å². The highest BCUT2D eigenvalue weighted by Gasteiger charge is 2.67. The molecule has 2 aliphatic carbocycles. The standard InChI is InChI=1S/C19H22BrNO3/c1-9-6-12(20)10-7-13-11-8-14(23-3)16(22)18-19(11,4-5-21(13)2)15(10)17(9)24-18/h6,11,13-14,18H,4-5,7-8H2,1-3H3/t11?,13?,14?,18?,19-/m1/s1. The van der Waals surface area contributed by atoms with Gasteiger partial charge in [-0.25, -0.2) is 0 Å². The zero-order chi connectivity index (χ0) is 16.8. The molecule has 2 fully saturated rings. The first-order valence-corrected chi connectivity index (χ1v) is 9.54. The van der Waals surface area contributed by atoms with Crippen LogP contribution in [0.2, 0.25) is 0 Å². The van der Waals surface area contributed by atoms with Gasteiger partial charge in [0.1, 0.15) is 11.9 Å². The first-order chi connectivity index (χ1) is 11.5. The normalized spacial score (nSPS) is 39.6. The van der Waals surface area contributed by atoms with Crippen LogP contribution in [0.25, 0.3) is 0 Å². The molecular weight excluding hydrogens is 370 g/mol. The highest BCUT2D eigenvalue weighted by molar-refractivity contribution is 9.10. The van der Waals surface area contributed by atoms with Crippen LogP contribution in [0.4, 0.5) is 0 Å². The largest absolute Gasteiger partial charge is 0.481 e. The van der Waals surface area contributed by atoms with Crippen molar-refractivity contribution in [2.24, 2.45) is 5.92 Å². The zero-order valence-electron chi connectivity index (χ0n) is 14.3. The van der Waals surface area contributed by atoms with Crippen LogP contribution in [0.15, 0.2) is 10.5 Å². The number of hydrogen-bond donors (Lipinski definition) is 0. The van der Waals surface area contributed by atoms with Crippen molar-refractivity contribution in [2.75, 3.05) is 20.7 Å². The molecule has 1 aromatic carbocycles. The Morgan fingerprint density at radius 1 is 1.46 bits per heavy atom. The number of hydrogen-bond acceptors (Lipinski definition) is 4. The number of ketones is 1. The molecule has 0 N–H and O–H groups in total. The van der Waals surface area contributed by atoms with Crippen molar-refractivity contribution >= 4 is 21.7 Å². The molecule has 128 valence electrons. The fourth-order valence-electron chi connectivity index (χ4n) is 5.91. The Morgan fingerprint density at radius 2 is 2.25 bits per heavy atom. The molecule has 1 aromatic rings. The second kappa shape index (κ2) is 4.83. The van der Waals surface area contributed by atoms with Crippen molar-refractivity contribution in [1.29, 1.82) is 0 Å². The molecule has 0 amide bonds. The van der Waals surface area contributed by atoms with Gasteiger partial charge in [0.25, 0.3) is 0 Å². The summed E-state index contributed by atoms with van der Waals surface area (Å²) >= 11 is 3.78.